The number of hydrogen-bond donors (Lipinski definition) is 2. The zero-order chi connectivity index (χ0) is 33.4. The van der Waals surface area contributed by atoms with E-state index in [-0.39, 0.29) is 25.2 Å². The van der Waals surface area contributed by atoms with Crippen LogP contribution in [0.2, 0.25) is 0 Å². The van der Waals surface area contributed by atoms with E-state index in [1.807, 2.05) is 0 Å². The SMILES string of the molecule is Nc1cc(N)cc(C(=O)OCCCCCCCOC(=O)/C=C/c2ccc(OC(=O)c3ccc(OCCCC(F)(F)F)cc3)cc2)c1. The van der Waals surface area contributed by atoms with Crippen LogP contribution >= 0.6 is 0 Å². The first-order valence-corrected chi connectivity index (χ1v) is 14.8. The molecule has 0 radical (unpaired) electrons. The molecule has 0 saturated carbocycles. The summed E-state index contributed by atoms with van der Waals surface area (Å²) < 4.78 is 57.7. The first-order valence-electron chi connectivity index (χ1n) is 14.8. The minimum atomic E-state index is -4.22. The lowest BCUT2D eigenvalue weighted by molar-refractivity contribution is -0.138. The molecular weight excluding hydrogens is 605 g/mol. The molecule has 246 valence electrons. The average molecular weight is 643 g/mol. The van der Waals surface area contributed by atoms with Crippen molar-refractivity contribution in [3.8, 4) is 11.5 Å². The van der Waals surface area contributed by atoms with Gasteiger partial charge >= 0.3 is 24.1 Å². The molecular formula is C34H37F3N2O7. The molecule has 0 amide bonds. The molecule has 3 aromatic rings. The highest BCUT2D eigenvalue weighted by Crippen LogP contribution is 2.22. The Hall–Kier alpha value is -5.00. The molecule has 4 N–H and O–H groups in total. The van der Waals surface area contributed by atoms with Crippen LogP contribution in [0.3, 0.4) is 0 Å². The largest absolute Gasteiger partial charge is 0.494 e. The van der Waals surface area contributed by atoms with E-state index < -0.39 is 30.5 Å². The van der Waals surface area contributed by atoms with Crippen LogP contribution in [0.25, 0.3) is 6.08 Å². The first-order chi connectivity index (χ1) is 22.0. The van der Waals surface area contributed by atoms with Crippen LogP contribution in [0, 0.1) is 0 Å². The summed E-state index contributed by atoms with van der Waals surface area (Å²) in [5.41, 5.74) is 13.5. The number of carbonyl (C=O) groups is 3. The second-order valence-electron chi connectivity index (χ2n) is 10.3. The number of unbranched alkanes of at least 4 members (excludes halogenated alkanes) is 4. The van der Waals surface area contributed by atoms with Crippen LogP contribution in [0.15, 0.2) is 72.8 Å². The molecule has 0 aliphatic carbocycles. The fourth-order valence-corrected chi connectivity index (χ4v) is 4.13. The Kier molecular flexibility index (Phi) is 13.9. The van der Waals surface area contributed by atoms with E-state index in [1.165, 1.54) is 42.5 Å². The van der Waals surface area contributed by atoms with Crippen LogP contribution in [-0.4, -0.2) is 43.9 Å². The maximum Gasteiger partial charge on any atom is 0.389 e. The van der Waals surface area contributed by atoms with Gasteiger partial charge in [0, 0.05) is 23.9 Å². The number of carbonyl (C=O) groups excluding carboxylic acids is 3. The van der Waals surface area contributed by atoms with Crippen molar-refractivity contribution in [2.75, 3.05) is 31.3 Å². The number of rotatable bonds is 17. The Bertz CT molecular complexity index is 1440. The van der Waals surface area contributed by atoms with Crippen molar-refractivity contribution < 1.29 is 46.5 Å². The molecule has 0 bridgehead atoms. The molecule has 0 fully saturated rings. The van der Waals surface area contributed by atoms with Gasteiger partial charge in [0.1, 0.15) is 11.5 Å². The third-order valence-electron chi connectivity index (χ3n) is 6.45. The fraction of sp³-hybridized carbons (Fsp3) is 0.324. The van der Waals surface area contributed by atoms with Crippen LogP contribution in [0.5, 0.6) is 11.5 Å². The summed E-state index contributed by atoms with van der Waals surface area (Å²) in [6.07, 6.45) is 1.65. The number of ether oxygens (including phenoxy) is 4. The van der Waals surface area contributed by atoms with Gasteiger partial charge in [0.15, 0.2) is 0 Å². The molecule has 0 aliphatic rings. The van der Waals surface area contributed by atoms with E-state index in [2.05, 4.69) is 0 Å². The molecule has 46 heavy (non-hydrogen) atoms. The van der Waals surface area contributed by atoms with Gasteiger partial charge in [-0.2, -0.15) is 13.2 Å². The van der Waals surface area contributed by atoms with Crippen molar-refractivity contribution in [2.24, 2.45) is 0 Å². The Labute approximate surface area is 265 Å². The van der Waals surface area contributed by atoms with Crippen LogP contribution in [0.1, 0.15) is 71.2 Å². The standard InChI is InChI=1S/C34H37F3N2O7/c35-34(36,37)17-6-20-43-29-14-10-25(11-15-29)33(42)46-30-12-7-24(8-13-30)9-16-31(40)44-18-4-2-1-3-5-19-45-32(41)26-21-27(38)23-28(39)22-26/h7-16,21-23H,1-6,17-20,38-39H2/b16-9+. The van der Waals surface area contributed by atoms with Gasteiger partial charge in [-0.15, -0.1) is 0 Å². The second kappa shape index (κ2) is 18.1. The second-order valence-corrected chi connectivity index (χ2v) is 10.3. The molecule has 0 spiro atoms. The number of benzene rings is 3. The normalized spacial score (nSPS) is 11.3. The molecule has 0 heterocycles. The highest BCUT2D eigenvalue weighted by molar-refractivity contribution is 5.92. The minimum Gasteiger partial charge on any atom is -0.494 e. The summed E-state index contributed by atoms with van der Waals surface area (Å²) in [5.74, 6) is -0.905. The van der Waals surface area contributed by atoms with E-state index >= 15 is 0 Å². The number of anilines is 2. The van der Waals surface area contributed by atoms with E-state index in [0.29, 0.717) is 53.4 Å². The maximum atomic E-state index is 12.4. The van der Waals surface area contributed by atoms with Crippen LogP contribution in [0.4, 0.5) is 24.5 Å². The lowest BCUT2D eigenvalue weighted by Gasteiger charge is -2.09. The third kappa shape index (κ3) is 13.7. The van der Waals surface area contributed by atoms with Crippen molar-refractivity contribution in [3.63, 3.8) is 0 Å². The summed E-state index contributed by atoms with van der Waals surface area (Å²) in [6, 6.07) is 17.0. The molecule has 0 aromatic heterocycles. The van der Waals surface area contributed by atoms with Gasteiger partial charge in [0.25, 0.3) is 0 Å². The monoisotopic (exact) mass is 642 g/mol. The lowest BCUT2D eigenvalue weighted by atomic mass is 10.1. The van der Waals surface area contributed by atoms with Crippen molar-refractivity contribution >= 4 is 35.4 Å². The van der Waals surface area contributed by atoms with Gasteiger partial charge in [-0.3, -0.25) is 0 Å². The number of hydrogen-bond acceptors (Lipinski definition) is 9. The highest BCUT2D eigenvalue weighted by atomic mass is 19.4. The summed E-state index contributed by atoms with van der Waals surface area (Å²) in [7, 11) is 0. The van der Waals surface area contributed by atoms with Gasteiger partial charge in [0.05, 0.1) is 30.9 Å². The summed E-state index contributed by atoms with van der Waals surface area (Å²) in [6.45, 7) is 0.492. The Morgan fingerprint density at radius 3 is 1.87 bits per heavy atom. The van der Waals surface area contributed by atoms with E-state index in [1.54, 1.807) is 36.4 Å². The van der Waals surface area contributed by atoms with Gasteiger partial charge < -0.3 is 30.4 Å². The van der Waals surface area contributed by atoms with E-state index in [0.717, 1.165) is 19.3 Å². The summed E-state index contributed by atoms with van der Waals surface area (Å²) in [4.78, 5) is 36.5. The van der Waals surface area contributed by atoms with Gasteiger partial charge in [-0.05, 0) is 85.5 Å². The predicted octanol–water partition coefficient (Wildman–Crippen LogP) is 7.16. The fourth-order valence-electron chi connectivity index (χ4n) is 4.13. The molecule has 0 aliphatic heterocycles. The van der Waals surface area contributed by atoms with Crippen molar-refractivity contribution in [2.45, 2.75) is 51.1 Å². The molecule has 3 aromatic carbocycles. The Morgan fingerprint density at radius 2 is 1.24 bits per heavy atom. The zero-order valence-electron chi connectivity index (χ0n) is 25.2. The predicted molar refractivity (Wildman–Crippen MR) is 167 cm³/mol. The third-order valence-corrected chi connectivity index (χ3v) is 6.45. The van der Waals surface area contributed by atoms with Gasteiger partial charge in [0.2, 0.25) is 0 Å². The van der Waals surface area contributed by atoms with Crippen molar-refractivity contribution in [3.05, 3.63) is 89.5 Å². The Balaban J connectivity index is 1.25. The van der Waals surface area contributed by atoms with Crippen LogP contribution < -0.4 is 20.9 Å². The van der Waals surface area contributed by atoms with Crippen LogP contribution in [-0.2, 0) is 14.3 Å². The molecule has 3 rings (SSSR count). The van der Waals surface area contributed by atoms with Crippen molar-refractivity contribution in [1.29, 1.82) is 0 Å². The van der Waals surface area contributed by atoms with E-state index in [9.17, 15) is 27.6 Å². The zero-order valence-corrected chi connectivity index (χ0v) is 25.2. The Morgan fingerprint density at radius 1 is 0.652 bits per heavy atom. The molecule has 9 nitrogen and oxygen atoms in total. The van der Waals surface area contributed by atoms with Gasteiger partial charge in [-0.1, -0.05) is 31.4 Å². The van der Waals surface area contributed by atoms with Gasteiger partial charge in [-0.25, -0.2) is 14.4 Å². The molecule has 0 saturated heterocycles. The molecule has 12 heteroatoms. The number of halogens is 3. The quantitative estimate of drug-likeness (QED) is 0.0516. The highest BCUT2D eigenvalue weighted by Gasteiger charge is 2.26. The summed E-state index contributed by atoms with van der Waals surface area (Å²) in [5, 5.41) is 0. The minimum absolute atomic E-state index is 0.0881. The van der Waals surface area contributed by atoms with Crippen molar-refractivity contribution in [1.82, 2.24) is 0 Å². The maximum absolute atomic E-state index is 12.4. The lowest BCUT2D eigenvalue weighted by Crippen LogP contribution is -2.10. The number of alkyl halides is 3. The average Bonchev–Trinajstić information content (AvgIpc) is 3.01. The number of esters is 3. The first kappa shape index (κ1) is 35.5. The summed E-state index contributed by atoms with van der Waals surface area (Å²) >= 11 is 0. The number of nitrogens with two attached hydrogens (primary N) is 2. The molecule has 0 unspecified atom stereocenters. The number of nitrogen functional groups attached to an aromatic ring is 2. The van der Waals surface area contributed by atoms with E-state index in [4.69, 9.17) is 30.4 Å². The topological polar surface area (TPSA) is 140 Å². The smallest absolute Gasteiger partial charge is 0.389 e. The molecule has 0 atom stereocenters.